The molecule has 3 aromatic rings. The van der Waals surface area contributed by atoms with E-state index in [0.29, 0.717) is 17.5 Å². The Kier molecular flexibility index (Phi) is 4.61. The number of rotatable bonds is 6. The maximum absolute atomic E-state index is 5.64. The van der Waals surface area contributed by atoms with E-state index in [4.69, 9.17) is 14.2 Å². The molecule has 0 fully saturated rings. The van der Waals surface area contributed by atoms with Crippen LogP contribution in [0.3, 0.4) is 0 Å². The van der Waals surface area contributed by atoms with Gasteiger partial charge in [0.1, 0.15) is 5.75 Å². The summed E-state index contributed by atoms with van der Waals surface area (Å²) in [4.78, 5) is 4.43. The lowest BCUT2D eigenvalue weighted by Gasteiger charge is -2.11. The van der Waals surface area contributed by atoms with Crippen LogP contribution in [0.1, 0.15) is 13.8 Å². The van der Waals surface area contributed by atoms with E-state index in [-0.39, 0.29) is 12.9 Å². The Hall–Kier alpha value is -3.55. The highest BCUT2D eigenvalue weighted by atomic mass is 16.7. The van der Waals surface area contributed by atoms with Gasteiger partial charge in [-0.3, -0.25) is 0 Å². The van der Waals surface area contributed by atoms with E-state index < -0.39 is 0 Å². The molecular formula is C19H19N5O3. The Labute approximate surface area is 156 Å². The van der Waals surface area contributed by atoms with Gasteiger partial charge in [-0.05, 0) is 50.2 Å². The van der Waals surface area contributed by atoms with Gasteiger partial charge in [-0.2, -0.15) is 10.1 Å². The highest BCUT2D eigenvalue weighted by molar-refractivity contribution is 5.62. The van der Waals surface area contributed by atoms with Crippen molar-refractivity contribution >= 4 is 23.1 Å². The van der Waals surface area contributed by atoms with Crippen molar-refractivity contribution in [1.82, 2.24) is 15.2 Å². The molecule has 2 heterocycles. The number of aromatic nitrogens is 3. The van der Waals surface area contributed by atoms with Gasteiger partial charge in [-0.15, -0.1) is 5.10 Å². The van der Waals surface area contributed by atoms with Gasteiger partial charge in [0.15, 0.2) is 17.3 Å². The van der Waals surface area contributed by atoms with Crippen LogP contribution in [0.5, 0.6) is 17.2 Å². The minimum atomic E-state index is 0.139. The van der Waals surface area contributed by atoms with Crippen LogP contribution in [0.4, 0.5) is 23.1 Å². The summed E-state index contributed by atoms with van der Waals surface area (Å²) in [7, 11) is 0. The minimum Gasteiger partial charge on any atom is -0.491 e. The van der Waals surface area contributed by atoms with Crippen LogP contribution in [0.25, 0.3) is 0 Å². The summed E-state index contributed by atoms with van der Waals surface area (Å²) in [6.07, 6.45) is 1.70. The predicted octanol–water partition coefficient (Wildman–Crippen LogP) is 3.87. The van der Waals surface area contributed by atoms with Gasteiger partial charge < -0.3 is 24.8 Å². The molecule has 0 unspecified atom stereocenters. The lowest BCUT2D eigenvalue weighted by Crippen LogP contribution is -2.05. The van der Waals surface area contributed by atoms with Crippen molar-refractivity contribution in [2.45, 2.75) is 20.0 Å². The minimum absolute atomic E-state index is 0.139. The van der Waals surface area contributed by atoms with Gasteiger partial charge in [0, 0.05) is 17.4 Å². The lowest BCUT2D eigenvalue weighted by atomic mass is 10.3. The van der Waals surface area contributed by atoms with Gasteiger partial charge in [0.2, 0.25) is 12.7 Å². The van der Waals surface area contributed by atoms with Crippen molar-refractivity contribution < 1.29 is 14.2 Å². The number of hydrogen-bond acceptors (Lipinski definition) is 8. The lowest BCUT2D eigenvalue weighted by molar-refractivity contribution is 0.174. The summed E-state index contributed by atoms with van der Waals surface area (Å²) in [5.41, 5.74) is 1.66. The van der Waals surface area contributed by atoms with E-state index >= 15 is 0 Å². The van der Waals surface area contributed by atoms with Gasteiger partial charge in [0.05, 0.1) is 12.3 Å². The molecule has 0 bridgehead atoms. The molecule has 0 aliphatic carbocycles. The van der Waals surface area contributed by atoms with Crippen molar-refractivity contribution in [3.05, 3.63) is 48.7 Å². The molecule has 1 aliphatic rings. The summed E-state index contributed by atoms with van der Waals surface area (Å²) in [5.74, 6) is 3.18. The molecule has 1 aliphatic heterocycles. The zero-order valence-electron chi connectivity index (χ0n) is 15.0. The van der Waals surface area contributed by atoms with Crippen molar-refractivity contribution in [3.8, 4) is 17.2 Å². The van der Waals surface area contributed by atoms with E-state index in [0.717, 1.165) is 22.9 Å². The van der Waals surface area contributed by atoms with Crippen LogP contribution >= 0.6 is 0 Å². The Morgan fingerprint density at radius 1 is 0.963 bits per heavy atom. The average Bonchev–Trinajstić information content (AvgIpc) is 3.11. The van der Waals surface area contributed by atoms with Crippen LogP contribution in [0.15, 0.2) is 48.7 Å². The van der Waals surface area contributed by atoms with Crippen molar-refractivity contribution in [2.24, 2.45) is 0 Å². The molecule has 2 aromatic carbocycles. The molecule has 0 saturated carbocycles. The number of hydrogen-bond donors (Lipinski definition) is 2. The normalized spacial score (nSPS) is 12.1. The van der Waals surface area contributed by atoms with Gasteiger partial charge in [-0.1, -0.05) is 0 Å². The third-order valence-electron chi connectivity index (χ3n) is 3.69. The quantitative estimate of drug-likeness (QED) is 0.680. The van der Waals surface area contributed by atoms with Gasteiger partial charge in [0.25, 0.3) is 0 Å². The first kappa shape index (κ1) is 16.9. The molecule has 0 amide bonds. The van der Waals surface area contributed by atoms with E-state index in [1.807, 2.05) is 56.3 Å². The second-order valence-corrected chi connectivity index (χ2v) is 6.17. The molecule has 4 rings (SSSR count). The maximum Gasteiger partial charge on any atom is 0.249 e. The van der Waals surface area contributed by atoms with Crippen molar-refractivity contribution in [1.29, 1.82) is 0 Å². The average molecular weight is 365 g/mol. The zero-order chi connectivity index (χ0) is 18.6. The smallest absolute Gasteiger partial charge is 0.249 e. The first-order valence-electron chi connectivity index (χ1n) is 8.56. The fourth-order valence-electron chi connectivity index (χ4n) is 2.56. The largest absolute Gasteiger partial charge is 0.491 e. The number of benzene rings is 2. The zero-order valence-corrected chi connectivity index (χ0v) is 15.0. The fraction of sp³-hybridized carbons (Fsp3) is 0.211. The summed E-state index contributed by atoms with van der Waals surface area (Å²) in [6, 6.07) is 13.2. The molecule has 0 saturated heterocycles. The number of ether oxygens (including phenoxy) is 3. The summed E-state index contributed by atoms with van der Waals surface area (Å²) >= 11 is 0. The van der Waals surface area contributed by atoms with Crippen molar-refractivity contribution in [3.63, 3.8) is 0 Å². The first-order valence-corrected chi connectivity index (χ1v) is 8.56. The predicted molar refractivity (Wildman–Crippen MR) is 101 cm³/mol. The molecule has 0 radical (unpaired) electrons. The molecule has 8 nitrogen and oxygen atoms in total. The van der Waals surface area contributed by atoms with Gasteiger partial charge in [-0.25, -0.2) is 0 Å². The standard InChI is InChI=1S/C19H19N5O3/c1-12(2)27-15-6-3-13(4-7-15)21-18-10-20-24-19(23-18)22-14-5-8-16-17(9-14)26-11-25-16/h3-10,12H,11H2,1-2H3,(H2,21,22,23,24). The fourth-order valence-corrected chi connectivity index (χ4v) is 2.56. The third-order valence-corrected chi connectivity index (χ3v) is 3.69. The Bertz CT molecular complexity index is 931. The first-order chi connectivity index (χ1) is 13.2. The van der Waals surface area contributed by atoms with Crippen LogP contribution < -0.4 is 24.8 Å². The molecule has 1 aromatic heterocycles. The molecule has 8 heteroatoms. The molecule has 27 heavy (non-hydrogen) atoms. The van der Waals surface area contributed by atoms with Crippen LogP contribution in [0.2, 0.25) is 0 Å². The molecule has 138 valence electrons. The van der Waals surface area contributed by atoms with Crippen molar-refractivity contribution in [2.75, 3.05) is 17.4 Å². The molecule has 0 spiro atoms. The highest BCUT2D eigenvalue weighted by Crippen LogP contribution is 2.34. The Balaban J connectivity index is 1.44. The number of nitrogens with zero attached hydrogens (tertiary/aromatic N) is 3. The third kappa shape index (κ3) is 4.17. The van der Waals surface area contributed by atoms with Crippen LogP contribution in [-0.4, -0.2) is 28.1 Å². The van der Waals surface area contributed by atoms with Crippen LogP contribution in [-0.2, 0) is 0 Å². The van der Waals surface area contributed by atoms with Crippen LogP contribution in [0, 0.1) is 0 Å². The van der Waals surface area contributed by atoms with E-state index in [1.165, 1.54) is 0 Å². The number of fused-ring (bicyclic) bond motifs is 1. The van der Waals surface area contributed by atoms with E-state index in [1.54, 1.807) is 6.20 Å². The monoisotopic (exact) mass is 365 g/mol. The summed E-state index contributed by atoms with van der Waals surface area (Å²) in [6.45, 7) is 4.22. The Morgan fingerprint density at radius 3 is 2.56 bits per heavy atom. The van der Waals surface area contributed by atoms with Gasteiger partial charge >= 0.3 is 0 Å². The number of anilines is 4. The van der Waals surface area contributed by atoms with E-state index in [9.17, 15) is 0 Å². The summed E-state index contributed by atoms with van der Waals surface area (Å²) in [5, 5.41) is 14.3. The summed E-state index contributed by atoms with van der Waals surface area (Å²) < 4.78 is 16.3. The molecule has 0 atom stereocenters. The Morgan fingerprint density at radius 2 is 1.74 bits per heavy atom. The molecule has 2 N–H and O–H groups in total. The molecular weight excluding hydrogens is 346 g/mol. The SMILES string of the molecule is CC(C)Oc1ccc(Nc2cnnc(Nc3ccc4c(c3)OCO4)n2)cc1. The second-order valence-electron chi connectivity index (χ2n) is 6.17. The highest BCUT2D eigenvalue weighted by Gasteiger charge is 2.13. The second kappa shape index (κ2) is 7.36. The van der Waals surface area contributed by atoms with E-state index in [2.05, 4.69) is 25.8 Å². The maximum atomic E-state index is 5.64. The topological polar surface area (TPSA) is 90.4 Å². The number of nitrogens with one attached hydrogen (secondary N) is 2.